The van der Waals surface area contributed by atoms with Gasteiger partial charge in [-0.3, -0.25) is 0 Å². The van der Waals surface area contributed by atoms with Crippen LogP contribution in [0.15, 0.2) is 11.2 Å². The number of hydrogen-bond donors (Lipinski definition) is 1. The van der Waals surface area contributed by atoms with Crippen molar-refractivity contribution in [2.24, 2.45) is 0 Å². The fourth-order valence-electron chi connectivity index (χ4n) is 2.44. The maximum absolute atomic E-state index is 12.5. The molecular weight excluding hydrogens is 264 g/mol. The van der Waals surface area contributed by atoms with Crippen molar-refractivity contribution in [2.75, 3.05) is 20.1 Å². The van der Waals surface area contributed by atoms with E-state index in [0.717, 1.165) is 25.2 Å². The summed E-state index contributed by atoms with van der Waals surface area (Å²) in [6, 6.07) is 0.418. The van der Waals surface area contributed by atoms with Gasteiger partial charge in [-0.1, -0.05) is 0 Å². The highest BCUT2D eigenvalue weighted by Gasteiger charge is 2.30. The topological polar surface area (TPSA) is 67.2 Å². The number of aryl methyl sites for hydroxylation is 2. The monoisotopic (exact) mass is 286 g/mol. The van der Waals surface area contributed by atoms with Gasteiger partial charge in [0.05, 0.1) is 0 Å². The predicted molar refractivity (Wildman–Crippen MR) is 73.5 cm³/mol. The van der Waals surface area contributed by atoms with Crippen LogP contribution in [-0.4, -0.2) is 48.5 Å². The molecule has 0 aliphatic carbocycles. The van der Waals surface area contributed by atoms with Crippen LogP contribution in [0.3, 0.4) is 0 Å². The van der Waals surface area contributed by atoms with Crippen molar-refractivity contribution in [3.05, 3.63) is 12.0 Å². The average molecular weight is 286 g/mol. The molecule has 1 aliphatic heterocycles. The minimum atomic E-state index is -3.43. The van der Waals surface area contributed by atoms with Gasteiger partial charge in [0.25, 0.3) is 10.0 Å². The van der Waals surface area contributed by atoms with E-state index < -0.39 is 10.0 Å². The largest absolute Gasteiger partial charge is 0.334 e. The average Bonchev–Trinajstić information content (AvgIpc) is 2.81. The Morgan fingerprint density at radius 2 is 2.05 bits per heavy atom. The minimum Gasteiger partial charge on any atom is -0.334 e. The van der Waals surface area contributed by atoms with Crippen LogP contribution in [0.25, 0.3) is 0 Å². The van der Waals surface area contributed by atoms with Gasteiger partial charge in [0.15, 0.2) is 5.03 Å². The molecule has 7 heteroatoms. The lowest BCUT2D eigenvalue weighted by molar-refractivity contribution is 0.298. The van der Waals surface area contributed by atoms with E-state index in [-0.39, 0.29) is 5.03 Å². The van der Waals surface area contributed by atoms with E-state index in [9.17, 15) is 8.42 Å². The molecule has 0 atom stereocenters. The van der Waals surface area contributed by atoms with Gasteiger partial charge < -0.3 is 9.88 Å². The molecule has 108 valence electrons. The van der Waals surface area contributed by atoms with Crippen molar-refractivity contribution in [3.8, 4) is 0 Å². The molecule has 0 unspecified atom stereocenters. The highest BCUT2D eigenvalue weighted by Crippen LogP contribution is 2.20. The fourth-order valence-corrected chi connectivity index (χ4v) is 3.90. The van der Waals surface area contributed by atoms with E-state index in [0.29, 0.717) is 19.1 Å². The molecule has 1 aromatic heterocycles. The third-order valence-electron chi connectivity index (χ3n) is 3.76. The Bertz CT molecular complexity index is 530. The molecule has 1 saturated heterocycles. The molecular formula is C12H22N4O2S. The quantitative estimate of drug-likeness (QED) is 0.879. The summed E-state index contributed by atoms with van der Waals surface area (Å²) in [5, 5.41) is 3.37. The van der Waals surface area contributed by atoms with Crippen LogP contribution < -0.4 is 5.32 Å². The number of piperidine rings is 1. The second kappa shape index (κ2) is 5.60. The summed E-state index contributed by atoms with van der Waals surface area (Å²) >= 11 is 0. The Balaban J connectivity index is 2.18. The molecule has 1 aromatic rings. The van der Waals surface area contributed by atoms with E-state index in [1.807, 2.05) is 25.5 Å². The van der Waals surface area contributed by atoms with Crippen molar-refractivity contribution in [1.29, 1.82) is 0 Å². The molecule has 1 N–H and O–H groups in total. The maximum Gasteiger partial charge on any atom is 0.262 e. The lowest BCUT2D eigenvalue weighted by Gasteiger charge is -2.30. The van der Waals surface area contributed by atoms with Gasteiger partial charge in [-0.2, -0.15) is 4.31 Å². The molecule has 19 heavy (non-hydrogen) atoms. The first-order valence-corrected chi connectivity index (χ1v) is 8.14. The summed E-state index contributed by atoms with van der Waals surface area (Å²) < 4.78 is 28.4. The second-order valence-corrected chi connectivity index (χ2v) is 6.76. The molecule has 1 aliphatic rings. The Morgan fingerprint density at radius 3 is 2.53 bits per heavy atom. The van der Waals surface area contributed by atoms with Crippen LogP contribution in [0.5, 0.6) is 0 Å². The summed E-state index contributed by atoms with van der Waals surface area (Å²) in [4.78, 5) is 4.19. The number of aromatic nitrogens is 2. The summed E-state index contributed by atoms with van der Waals surface area (Å²) in [5.41, 5.74) is 0. The lowest BCUT2D eigenvalue weighted by atomic mass is 10.1. The van der Waals surface area contributed by atoms with Gasteiger partial charge in [-0.15, -0.1) is 0 Å². The van der Waals surface area contributed by atoms with Gasteiger partial charge in [-0.25, -0.2) is 13.4 Å². The number of sulfonamides is 1. The summed E-state index contributed by atoms with van der Waals surface area (Å²) in [7, 11) is -1.51. The second-order valence-electron chi connectivity index (χ2n) is 4.88. The number of nitrogens with zero attached hydrogens (tertiary/aromatic N) is 3. The Kier molecular flexibility index (Phi) is 4.27. The highest BCUT2D eigenvalue weighted by molar-refractivity contribution is 7.89. The first-order valence-electron chi connectivity index (χ1n) is 6.70. The smallest absolute Gasteiger partial charge is 0.262 e. The number of hydrogen-bond acceptors (Lipinski definition) is 4. The molecule has 6 nitrogen and oxygen atoms in total. The molecule has 0 saturated carbocycles. The van der Waals surface area contributed by atoms with Crippen LogP contribution in [0.4, 0.5) is 0 Å². The summed E-state index contributed by atoms with van der Waals surface area (Å²) in [5.74, 6) is 0.742. The summed E-state index contributed by atoms with van der Waals surface area (Å²) in [6.45, 7) is 5.66. The Morgan fingerprint density at radius 1 is 1.42 bits per heavy atom. The zero-order valence-corrected chi connectivity index (χ0v) is 12.6. The van der Waals surface area contributed by atoms with E-state index in [1.165, 1.54) is 0 Å². The first-order chi connectivity index (χ1) is 8.98. The Hall–Kier alpha value is -0.920. The number of nitrogens with one attached hydrogen (secondary N) is 1. The van der Waals surface area contributed by atoms with Crippen LogP contribution in [0, 0.1) is 6.92 Å². The van der Waals surface area contributed by atoms with Gasteiger partial charge in [0, 0.05) is 31.9 Å². The van der Waals surface area contributed by atoms with Crippen LogP contribution in [0.2, 0.25) is 0 Å². The predicted octanol–water partition coefficient (Wildman–Crippen LogP) is 0.584. The van der Waals surface area contributed by atoms with Crippen LogP contribution in [-0.2, 0) is 16.6 Å². The van der Waals surface area contributed by atoms with Crippen molar-refractivity contribution in [3.63, 3.8) is 0 Å². The molecule has 1 fully saturated rings. The van der Waals surface area contributed by atoms with Gasteiger partial charge >= 0.3 is 0 Å². The van der Waals surface area contributed by atoms with Crippen molar-refractivity contribution >= 4 is 10.0 Å². The molecule has 2 heterocycles. The van der Waals surface area contributed by atoms with E-state index in [2.05, 4.69) is 10.3 Å². The standard InChI is InChI=1S/C12H22N4O2S/c1-4-15-9-12(14-10(15)2)19(17,18)16-7-5-11(13-3)6-8-16/h9,11,13H,4-8H2,1-3H3. The van der Waals surface area contributed by atoms with Crippen molar-refractivity contribution in [1.82, 2.24) is 19.2 Å². The molecule has 0 aromatic carbocycles. The zero-order valence-electron chi connectivity index (χ0n) is 11.8. The Labute approximate surface area is 114 Å². The third kappa shape index (κ3) is 2.82. The van der Waals surface area contributed by atoms with E-state index >= 15 is 0 Å². The van der Waals surface area contributed by atoms with Gasteiger partial charge in [0.2, 0.25) is 0 Å². The SMILES string of the molecule is CCn1cc(S(=O)(=O)N2CCC(NC)CC2)nc1C. The molecule has 0 amide bonds. The fraction of sp³-hybridized carbons (Fsp3) is 0.750. The first kappa shape index (κ1) is 14.5. The molecule has 0 bridgehead atoms. The van der Waals surface area contributed by atoms with Crippen LogP contribution in [0.1, 0.15) is 25.6 Å². The normalized spacial score (nSPS) is 18.9. The third-order valence-corrected chi connectivity index (χ3v) is 5.53. The molecule has 2 rings (SSSR count). The van der Waals surface area contributed by atoms with Crippen LogP contribution >= 0.6 is 0 Å². The van der Waals surface area contributed by atoms with Gasteiger partial charge in [0.1, 0.15) is 5.82 Å². The van der Waals surface area contributed by atoms with Crippen molar-refractivity contribution < 1.29 is 8.42 Å². The number of rotatable bonds is 4. The highest BCUT2D eigenvalue weighted by atomic mass is 32.2. The van der Waals surface area contributed by atoms with E-state index in [1.54, 1.807) is 10.5 Å². The van der Waals surface area contributed by atoms with Crippen molar-refractivity contribution in [2.45, 2.75) is 44.3 Å². The lowest BCUT2D eigenvalue weighted by Crippen LogP contribution is -2.43. The van der Waals surface area contributed by atoms with E-state index in [4.69, 9.17) is 0 Å². The zero-order chi connectivity index (χ0) is 14.0. The molecule has 0 radical (unpaired) electrons. The van der Waals surface area contributed by atoms with Gasteiger partial charge in [-0.05, 0) is 33.7 Å². The summed E-state index contributed by atoms with van der Waals surface area (Å²) in [6.07, 6.45) is 3.33. The minimum absolute atomic E-state index is 0.176. The maximum atomic E-state index is 12.5. The number of imidazole rings is 1. The molecule has 0 spiro atoms.